The number of piperidine rings is 1. The van der Waals surface area contributed by atoms with Crippen LogP contribution in [0.3, 0.4) is 0 Å². The predicted octanol–water partition coefficient (Wildman–Crippen LogP) is 5.43. The highest BCUT2D eigenvalue weighted by atomic mass is 35.5. The van der Waals surface area contributed by atoms with E-state index in [1.807, 2.05) is 30.3 Å². The number of aromatic nitrogens is 3. The van der Waals surface area contributed by atoms with Crippen molar-refractivity contribution in [2.45, 2.75) is 51.0 Å². The van der Waals surface area contributed by atoms with Crippen molar-refractivity contribution < 1.29 is 23.4 Å². The lowest BCUT2D eigenvalue weighted by Gasteiger charge is -2.33. The van der Waals surface area contributed by atoms with Crippen molar-refractivity contribution in [3.8, 4) is 5.75 Å². The number of imidazole rings is 1. The molecule has 0 aliphatic carbocycles. The molecule has 0 radical (unpaired) electrons. The molecule has 6 rings (SSSR count). The summed E-state index contributed by atoms with van der Waals surface area (Å²) in [5.74, 6) is 0.907. The number of ether oxygens (including phenoxy) is 3. The van der Waals surface area contributed by atoms with Crippen LogP contribution in [0.15, 0.2) is 54.6 Å². The number of pyridine rings is 1. The molecule has 8 nitrogen and oxygen atoms in total. The number of methoxy groups -OCH3 is 1. The molecular formula is C31H32ClFN4O4. The highest BCUT2D eigenvalue weighted by Gasteiger charge is 2.26. The van der Waals surface area contributed by atoms with E-state index in [9.17, 15) is 9.18 Å². The van der Waals surface area contributed by atoms with Crippen LogP contribution in [0, 0.1) is 5.82 Å². The zero-order valence-corrected chi connectivity index (χ0v) is 23.6. The summed E-state index contributed by atoms with van der Waals surface area (Å²) in [6.07, 6.45) is 3.33. The standard InChI is InChI=1S/C31H32ClFN4O4/c1-39-31(38)27-9-8-26-30(35-27)37(18-24-12-15-40-24)29(34-26)19-36-13-10-23(11-14-36)41-28-5-3-2-4-21(28)16-20-6-7-22(32)17-25(20)33/h2-9,17,23-24H,10-16,18-19H2,1H3/t24-/m0/s1. The summed E-state index contributed by atoms with van der Waals surface area (Å²) in [5.41, 5.74) is 3.22. The normalized spacial score (nSPS) is 17.9. The van der Waals surface area contributed by atoms with Crippen molar-refractivity contribution in [2.75, 3.05) is 26.8 Å². The summed E-state index contributed by atoms with van der Waals surface area (Å²) in [5, 5.41) is 0.386. The van der Waals surface area contributed by atoms with E-state index in [1.54, 1.807) is 18.2 Å². The lowest BCUT2D eigenvalue weighted by Crippen LogP contribution is -2.39. The fraction of sp³-hybridized carbons (Fsp3) is 0.387. The monoisotopic (exact) mass is 578 g/mol. The molecule has 0 unspecified atom stereocenters. The fourth-order valence-electron chi connectivity index (χ4n) is 5.41. The minimum Gasteiger partial charge on any atom is -0.490 e. The van der Waals surface area contributed by atoms with Crippen LogP contribution >= 0.6 is 11.6 Å². The number of carbonyl (C=O) groups is 1. The molecule has 0 amide bonds. The van der Waals surface area contributed by atoms with Gasteiger partial charge in [0, 0.05) is 31.1 Å². The Labute approximate surface area is 243 Å². The molecule has 10 heteroatoms. The number of halogens is 2. The number of rotatable bonds is 9. The number of nitrogens with zero attached hydrogens (tertiary/aromatic N) is 4. The molecule has 214 valence electrons. The van der Waals surface area contributed by atoms with E-state index in [2.05, 4.69) is 14.5 Å². The van der Waals surface area contributed by atoms with E-state index < -0.39 is 5.97 Å². The Bertz CT molecular complexity index is 1550. The number of hydrogen-bond acceptors (Lipinski definition) is 7. The first-order valence-corrected chi connectivity index (χ1v) is 14.3. The maximum absolute atomic E-state index is 14.4. The molecule has 4 heterocycles. The number of benzene rings is 2. The summed E-state index contributed by atoms with van der Waals surface area (Å²) in [7, 11) is 1.35. The Kier molecular flexibility index (Phi) is 8.18. The zero-order chi connectivity index (χ0) is 28.3. The van der Waals surface area contributed by atoms with Crippen LogP contribution in [0.1, 0.15) is 46.7 Å². The van der Waals surface area contributed by atoms with Gasteiger partial charge in [0.15, 0.2) is 11.3 Å². The number of carbonyl (C=O) groups excluding carboxylic acids is 1. The molecule has 0 N–H and O–H groups in total. The van der Waals surface area contributed by atoms with Gasteiger partial charge >= 0.3 is 5.97 Å². The SMILES string of the molecule is COC(=O)c1ccc2nc(CN3CCC(Oc4ccccc4Cc4ccc(Cl)cc4F)CC3)n(C[C@@H]3CCO3)c2n1. The molecule has 2 aliphatic heterocycles. The van der Waals surface area contributed by atoms with Gasteiger partial charge in [-0.1, -0.05) is 35.9 Å². The van der Waals surface area contributed by atoms with Crippen molar-refractivity contribution in [1.82, 2.24) is 19.4 Å². The maximum atomic E-state index is 14.4. The number of likely N-dealkylation sites (tertiary alicyclic amines) is 1. The Morgan fingerprint density at radius 3 is 2.61 bits per heavy atom. The average molecular weight is 579 g/mol. The van der Waals surface area contributed by atoms with Crippen LogP contribution in [0.2, 0.25) is 5.02 Å². The minimum absolute atomic E-state index is 0.0638. The van der Waals surface area contributed by atoms with Crippen LogP contribution < -0.4 is 4.74 Å². The highest BCUT2D eigenvalue weighted by Crippen LogP contribution is 2.28. The van der Waals surface area contributed by atoms with Gasteiger partial charge in [-0.15, -0.1) is 0 Å². The molecule has 0 bridgehead atoms. The van der Waals surface area contributed by atoms with Crippen LogP contribution in [-0.2, 0) is 29.0 Å². The molecule has 41 heavy (non-hydrogen) atoms. The topological polar surface area (TPSA) is 78.7 Å². The second-order valence-electron chi connectivity index (χ2n) is 10.6. The van der Waals surface area contributed by atoms with Gasteiger partial charge in [-0.2, -0.15) is 0 Å². The third-order valence-corrected chi connectivity index (χ3v) is 8.04. The molecule has 4 aromatic rings. The molecule has 2 aliphatic rings. The summed E-state index contributed by atoms with van der Waals surface area (Å²) >= 11 is 5.93. The molecule has 2 fully saturated rings. The number of esters is 1. The highest BCUT2D eigenvalue weighted by molar-refractivity contribution is 6.30. The second-order valence-corrected chi connectivity index (χ2v) is 11.0. The van der Waals surface area contributed by atoms with Crippen molar-refractivity contribution in [2.24, 2.45) is 0 Å². The van der Waals surface area contributed by atoms with E-state index in [0.717, 1.165) is 61.6 Å². The van der Waals surface area contributed by atoms with Gasteiger partial charge in [-0.25, -0.2) is 19.2 Å². The average Bonchev–Trinajstić information content (AvgIpc) is 3.29. The number of hydrogen-bond donors (Lipinski definition) is 0. The molecule has 2 saturated heterocycles. The third kappa shape index (κ3) is 6.22. The third-order valence-electron chi connectivity index (χ3n) is 7.81. The van der Waals surface area contributed by atoms with Crippen LogP contribution in [0.25, 0.3) is 11.2 Å². The van der Waals surface area contributed by atoms with E-state index >= 15 is 0 Å². The second kappa shape index (κ2) is 12.1. The summed E-state index contributed by atoms with van der Waals surface area (Å²) in [6.45, 7) is 3.77. The van der Waals surface area contributed by atoms with E-state index in [4.69, 9.17) is 30.8 Å². The van der Waals surface area contributed by atoms with Crippen molar-refractivity contribution in [3.63, 3.8) is 0 Å². The largest absolute Gasteiger partial charge is 0.490 e. The maximum Gasteiger partial charge on any atom is 0.356 e. The predicted molar refractivity (Wildman–Crippen MR) is 153 cm³/mol. The smallest absolute Gasteiger partial charge is 0.356 e. The van der Waals surface area contributed by atoms with Crippen molar-refractivity contribution in [3.05, 3.63) is 88.1 Å². The van der Waals surface area contributed by atoms with Crippen LogP contribution in [0.4, 0.5) is 4.39 Å². The van der Waals surface area contributed by atoms with E-state index in [0.29, 0.717) is 35.7 Å². The quantitative estimate of drug-likeness (QED) is 0.245. The van der Waals surface area contributed by atoms with Gasteiger partial charge in [0.25, 0.3) is 0 Å². The molecular weight excluding hydrogens is 547 g/mol. The van der Waals surface area contributed by atoms with Crippen molar-refractivity contribution in [1.29, 1.82) is 0 Å². The number of fused-ring (bicyclic) bond motifs is 1. The van der Waals surface area contributed by atoms with Crippen LogP contribution in [-0.4, -0.2) is 64.4 Å². The van der Waals surface area contributed by atoms with Gasteiger partial charge in [-0.05, 0) is 60.7 Å². The summed E-state index contributed by atoms with van der Waals surface area (Å²) in [4.78, 5) is 23.9. The van der Waals surface area contributed by atoms with Gasteiger partial charge in [-0.3, -0.25) is 4.90 Å². The first-order chi connectivity index (χ1) is 20.0. The Morgan fingerprint density at radius 2 is 1.88 bits per heavy atom. The molecule has 2 aromatic heterocycles. The molecule has 2 aromatic carbocycles. The molecule has 0 spiro atoms. The Morgan fingerprint density at radius 1 is 1.07 bits per heavy atom. The first kappa shape index (κ1) is 27.6. The first-order valence-electron chi connectivity index (χ1n) is 13.9. The van der Waals surface area contributed by atoms with Gasteiger partial charge in [0.2, 0.25) is 0 Å². The fourth-order valence-corrected chi connectivity index (χ4v) is 5.57. The van der Waals surface area contributed by atoms with Gasteiger partial charge < -0.3 is 18.8 Å². The van der Waals surface area contributed by atoms with E-state index in [-0.39, 0.29) is 23.7 Å². The molecule has 1 atom stereocenters. The zero-order valence-electron chi connectivity index (χ0n) is 22.9. The van der Waals surface area contributed by atoms with Crippen molar-refractivity contribution >= 4 is 28.7 Å². The Balaban J connectivity index is 1.12. The minimum atomic E-state index is -0.469. The molecule has 0 saturated carbocycles. The van der Waals surface area contributed by atoms with Gasteiger partial charge in [0.1, 0.15) is 29.0 Å². The lowest BCUT2D eigenvalue weighted by atomic mass is 10.0. The van der Waals surface area contributed by atoms with Gasteiger partial charge in [0.05, 0.1) is 26.3 Å². The lowest BCUT2D eigenvalue weighted by molar-refractivity contribution is -0.0593. The van der Waals surface area contributed by atoms with Crippen LogP contribution in [0.5, 0.6) is 5.75 Å². The summed E-state index contributed by atoms with van der Waals surface area (Å²) < 4.78 is 33.5. The Hall–Kier alpha value is -3.53. The van der Waals surface area contributed by atoms with E-state index in [1.165, 1.54) is 13.2 Å². The number of para-hydroxylation sites is 1. The summed E-state index contributed by atoms with van der Waals surface area (Å²) in [6, 6.07) is 16.1.